The second-order valence-corrected chi connectivity index (χ2v) is 6.45. The van der Waals surface area contributed by atoms with E-state index in [9.17, 15) is 9.59 Å². The molecule has 26 heavy (non-hydrogen) atoms. The normalized spacial score (nSPS) is 10.6. The first-order chi connectivity index (χ1) is 12.7. The highest BCUT2D eigenvalue weighted by Gasteiger charge is 2.16. The Balaban J connectivity index is 1.57. The molecule has 0 aliphatic rings. The number of amides is 2. The minimum atomic E-state index is -0.421. The number of benzene rings is 2. The van der Waals surface area contributed by atoms with E-state index in [1.54, 1.807) is 36.4 Å². The topological polar surface area (TPSA) is 84.2 Å². The van der Waals surface area contributed by atoms with Gasteiger partial charge in [-0.1, -0.05) is 35.6 Å². The molecule has 0 aliphatic carbocycles. The third-order valence-electron chi connectivity index (χ3n) is 3.68. The number of aromatic nitrogens is 1. The van der Waals surface area contributed by atoms with E-state index < -0.39 is 5.91 Å². The third-order valence-corrected chi connectivity index (χ3v) is 4.63. The Morgan fingerprint density at radius 1 is 0.885 bits per heavy atom. The molecule has 0 saturated carbocycles. The molecule has 2 aromatic heterocycles. The third kappa shape index (κ3) is 3.20. The van der Waals surface area contributed by atoms with E-state index in [2.05, 4.69) is 15.6 Å². The number of para-hydroxylation sites is 2. The number of anilines is 2. The number of hydrogen-bond donors (Lipinski definition) is 2. The Kier molecular flexibility index (Phi) is 4.20. The molecule has 0 bridgehead atoms. The smallest absolute Gasteiger partial charge is 0.291 e. The molecule has 6 nitrogen and oxygen atoms in total. The lowest BCUT2D eigenvalue weighted by molar-refractivity contribution is 0.0996. The lowest BCUT2D eigenvalue weighted by Crippen LogP contribution is -2.17. The van der Waals surface area contributed by atoms with Gasteiger partial charge >= 0.3 is 0 Å². The Morgan fingerprint density at radius 2 is 1.69 bits per heavy atom. The van der Waals surface area contributed by atoms with Gasteiger partial charge in [-0.15, -0.1) is 0 Å². The highest BCUT2D eigenvalue weighted by atomic mass is 32.1. The monoisotopic (exact) mass is 363 g/mol. The van der Waals surface area contributed by atoms with Crippen molar-refractivity contribution in [3.63, 3.8) is 0 Å². The molecule has 2 aromatic carbocycles. The van der Waals surface area contributed by atoms with Crippen LogP contribution in [0.25, 0.3) is 10.2 Å². The highest BCUT2D eigenvalue weighted by Crippen LogP contribution is 2.26. The maximum absolute atomic E-state index is 12.7. The minimum Gasteiger partial charge on any atom is -0.459 e. The molecular formula is C19H13N3O3S. The molecule has 0 spiro atoms. The molecule has 0 unspecified atom stereocenters. The van der Waals surface area contributed by atoms with Gasteiger partial charge in [0.15, 0.2) is 10.9 Å². The van der Waals surface area contributed by atoms with Gasteiger partial charge in [-0.05, 0) is 36.4 Å². The van der Waals surface area contributed by atoms with E-state index in [1.165, 1.54) is 17.6 Å². The summed E-state index contributed by atoms with van der Waals surface area (Å²) in [5.41, 5.74) is 1.56. The summed E-state index contributed by atoms with van der Waals surface area (Å²) in [6.45, 7) is 0. The summed E-state index contributed by atoms with van der Waals surface area (Å²) in [4.78, 5) is 29.2. The highest BCUT2D eigenvalue weighted by molar-refractivity contribution is 7.22. The van der Waals surface area contributed by atoms with Gasteiger partial charge in [0.05, 0.1) is 27.7 Å². The van der Waals surface area contributed by atoms with Gasteiger partial charge in [-0.3, -0.25) is 14.9 Å². The number of fused-ring (bicyclic) bond motifs is 1. The van der Waals surface area contributed by atoms with Gasteiger partial charge in [0, 0.05) is 0 Å². The molecule has 2 N–H and O–H groups in total. The fraction of sp³-hybridized carbons (Fsp3) is 0. The van der Waals surface area contributed by atoms with Crippen LogP contribution in [-0.4, -0.2) is 16.8 Å². The van der Waals surface area contributed by atoms with Crippen molar-refractivity contribution in [1.82, 2.24) is 4.98 Å². The van der Waals surface area contributed by atoms with Gasteiger partial charge in [0.2, 0.25) is 0 Å². The molecule has 4 aromatic rings. The number of furan rings is 1. The molecule has 2 amide bonds. The fourth-order valence-corrected chi connectivity index (χ4v) is 3.33. The number of carbonyl (C=O) groups excluding carboxylic acids is 2. The number of rotatable bonds is 4. The predicted molar refractivity (Wildman–Crippen MR) is 101 cm³/mol. The summed E-state index contributed by atoms with van der Waals surface area (Å²) in [6, 6.07) is 17.6. The van der Waals surface area contributed by atoms with Gasteiger partial charge in [-0.2, -0.15) is 0 Å². The van der Waals surface area contributed by atoms with Crippen molar-refractivity contribution in [2.75, 3.05) is 10.6 Å². The fourth-order valence-electron chi connectivity index (χ4n) is 2.47. The lowest BCUT2D eigenvalue weighted by atomic mass is 10.1. The summed E-state index contributed by atoms with van der Waals surface area (Å²) >= 11 is 1.39. The first kappa shape index (κ1) is 16.0. The van der Waals surface area contributed by atoms with E-state index in [-0.39, 0.29) is 11.7 Å². The van der Waals surface area contributed by atoms with Crippen molar-refractivity contribution in [3.05, 3.63) is 78.3 Å². The van der Waals surface area contributed by atoms with Crippen LogP contribution in [0.2, 0.25) is 0 Å². The zero-order valence-electron chi connectivity index (χ0n) is 13.4. The van der Waals surface area contributed by atoms with Gasteiger partial charge in [0.1, 0.15) is 0 Å². The van der Waals surface area contributed by atoms with Crippen molar-refractivity contribution in [3.8, 4) is 0 Å². The lowest BCUT2D eigenvalue weighted by Gasteiger charge is -2.09. The zero-order valence-corrected chi connectivity index (χ0v) is 14.2. The van der Waals surface area contributed by atoms with Crippen LogP contribution in [0.5, 0.6) is 0 Å². The number of carbonyl (C=O) groups is 2. The summed E-state index contributed by atoms with van der Waals surface area (Å²) in [5, 5.41) is 5.99. The molecule has 4 rings (SSSR count). The van der Waals surface area contributed by atoms with Crippen molar-refractivity contribution in [2.45, 2.75) is 0 Å². The van der Waals surface area contributed by atoms with Gasteiger partial charge < -0.3 is 9.73 Å². The molecule has 128 valence electrons. The average molecular weight is 363 g/mol. The maximum atomic E-state index is 12.7. The van der Waals surface area contributed by atoms with Crippen LogP contribution >= 0.6 is 11.3 Å². The summed E-state index contributed by atoms with van der Waals surface area (Å²) in [7, 11) is 0. The number of hydrogen-bond acceptors (Lipinski definition) is 5. The van der Waals surface area contributed by atoms with Crippen LogP contribution in [0.4, 0.5) is 10.8 Å². The second kappa shape index (κ2) is 6.81. The van der Waals surface area contributed by atoms with Crippen molar-refractivity contribution in [1.29, 1.82) is 0 Å². The Morgan fingerprint density at radius 3 is 2.50 bits per heavy atom. The number of nitrogens with zero attached hydrogens (tertiary/aromatic N) is 1. The standard InChI is InChI=1S/C19H13N3O3S/c23-17(22-19-21-14-8-3-4-10-16(14)26-19)12-6-1-2-7-13(12)20-18(24)15-9-5-11-25-15/h1-11H,(H,20,24)(H,21,22,23). The van der Waals surface area contributed by atoms with Crippen LogP contribution in [0.3, 0.4) is 0 Å². The molecule has 0 radical (unpaired) electrons. The Hall–Kier alpha value is -3.45. The first-order valence-corrected chi connectivity index (χ1v) is 8.63. The number of nitrogens with one attached hydrogen (secondary N) is 2. The largest absolute Gasteiger partial charge is 0.459 e. The molecule has 0 saturated heterocycles. The SMILES string of the molecule is O=C(Nc1ccccc1C(=O)Nc1nc2ccccc2s1)c1ccco1. The van der Waals surface area contributed by atoms with E-state index in [0.29, 0.717) is 16.4 Å². The average Bonchev–Trinajstić information content (AvgIpc) is 3.31. The quantitative estimate of drug-likeness (QED) is 0.563. The van der Waals surface area contributed by atoms with Crippen LogP contribution in [-0.2, 0) is 0 Å². The van der Waals surface area contributed by atoms with Crippen LogP contribution in [0, 0.1) is 0 Å². The second-order valence-electron chi connectivity index (χ2n) is 5.42. The molecular weight excluding hydrogens is 350 g/mol. The van der Waals surface area contributed by atoms with E-state index in [0.717, 1.165) is 10.2 Å². The minimum absolute atomic E-state index is 0.173. The van der Waals surface area contributed by atoms with Crippen molar-refractivity contribution >= 4 is 44.2 Å². The van der Waals surface area contributed by atoms with Crippen LogP contribution in [0.15, 0.2) is 71.3 Å². The maximum Gasteiger partial charge on any atom is 0.291 e. The van der Waals surface area contributed by atoms with E-state index in [1.807, 2.05) is 24.3 Å². The number of thiazole rings is 1. The Labute approximate surface area is 152 Å². The molecule has 2 heterocycles. The van der Waals surface area contributed by atoms with Gasteiger partial charge in [-0.25, -0.2) is 4.98 Å². The molecule has 7 heteroatoms. The molecule has 0 aliphatic heterocycles. The van der Waals surface area contributed by atoms with Gasteiger partial charge in [0.25, 0.3) is 11.8 Å². The zero-order chi connectivity index (χ0) is 17.9. The molecule has 0 atom stereocenters. The predicted octanol–water partition coefficient (Wildman–Crippen LogP) is 4.39. The summed E-state index contributed by atoms with van der Waals surface area (Å²) in [6.07, 6.45) is 1.42. The van der Waals surface area contributed by atoms with Crippen molar-refractivity contribution in [2.24, 2.45) is 0 Å². The van der Waals surface area contributed by atoms with Crippen molar-refractivity contribution < 1.29 is 14.0 Å². The van der Waals surface area contributed by atoms with Crippen LogP contribution < -0.4 is 10.6 Å². The van der Waals surface area contributed by atoms with Crippen LogP contribution in [0.1, 0.15) is 20.9 Å². The van der Waals surface area contributed by atoms with E-state index in [4.69, 9.17) is 4.42 Å². The first-order valence-electron chi connectivity index (χ1n) is 7.81. The van der Waals surface area contributed by atoms with E-state index >= 15 is 0 Å². The summed E-state index contributed by atoms with van der Waals surface area (Å²) < 4.78 is 6.06. The molecule has 0 fully saturated rings. The summed E-state index contributed by atoms with van der Waals surface area (Å²) in [5.74, 6) is -0.596. The Bertz CT molecular complexity index is 1050.